The number of aromatic nitrogens is 1. The lowest BCUT2D eigenvalue weighted by Gasteiger charge is -2.14. The Morgan fingerprint density at radius 1 is 1.47 bits per heavy atom. The Balaban J connectivity index is 3.28. The van der Waals surface area contributed by atoms with Gasteiger partial charge in [-0.3, -0.25) is 4.79 Å². The molecule has 0 aromatic carbocycles. The third-order valence-corrected chi connectivity index (χ3v) is 2.10. The SMILES string of the molecule is O=C(O)Cc1cc(Cl)c(C(F)F)c(OC(F)(F)F)n1. The van der Waals surface area contributed by atoms with Gasteiger partial charge < -0.3 is 9.84 Å². The minimum absolute atomic E-state index is 0.429. The van der Waals surface area contributed by atoms with Gasteiger partial charge in [-0.2, -0.15) is 0 Å². The van der Waals surface area contributed by atoms with Gasteiger partial charge in [-0.25, -0.2) is 13.8 Å². The molecule has 0 aliphatic carbocycles. The Hall–Kier alpha value is -1.64. The van der Waals surface area contributed by atoms with E-state index in [0.717, 1.165) is 6.07 Å². The van der Waals surface area contributed by atoms with Crippen LogP contribution in [-0.4, -0.2) is 22.4 Å². The van der Waals surface area contributed by atoms with E-state index in [1.54, 1.807) is 0 Å². The second kappa shape index (κ2) is 5.55. The monoisotopic (exact) mass is 305 g/mol. The van der Waals surface area contributed by atoms with Gasteiger partial charge in [-0.15, -0.1) is 13.2 Å². The standard InChI is InChI=1S/C9H5ClF5NO3/c10-4-1-3(2-5(17)18)16-8(6(4)7(11)12)19-9(13,14)15/h1,7H,2H2,(H,17,18). The van der Waals surface area contributed by atoms with Crippen LogP contribution in [0.3, 0.4) is 0 Å². The summed E-state index contributed by atoms with van der Waals surface area (Å²) in [6.07, 6.45) is -9.38. The number of alkyl halides is 5. The number of carboxylic acid groups (broad SMARTS) is 1. The number of rotatable bonds is 4. The first kappa shape index (κ1) is 15.4. The van der Waals surface area contributed by atoms with E-state index in [9.17, 15) is 26.7 Å². The smallest absolute Gasteiger partial charge is 0.481 e. The predicted molar refractivity (Wildman–Crippen MR) is 52.2 cm³/mol. The van der Waals surface area contributed by atoms with Crippen LogP contribution in [0.2, 0.25) is 5.02 Å². The van der Waals surface area contributed by atoms with E-state index < -0.39 is 47.3 Å². The molecule has 1 aromatic rings. The summed E-state index contributed by atoms with van der Waals surface area (Å²) in [4.78, 5) is 13.5. The van der Waals surface area contributed by atoms with Gasteiger partial charge in [-0.05, 0) is 6.07 Å². The number of hydrogen-bond acceptors (Lipinski definition) is 3. The summed E-state index contributed by atoms with van der Waals surface area (Å²) in [5.74, 6) is -2.86. The fraction of sp³-hybridized carbons (Fsp3) is 0.333. The molecule has 0 atom stereocenters. The van der Waals surface area contributed by atoms with E-state index >= 15 is 0 Å². The van der Waals surface area contributed by atoms with Crippen LogP contribution in [0.25, 0.3) is 0 Å². The molecule has 1 aromatic heterocycles. The van der Waals surface area contributed by atoms with Crippen molar-refractivity contribution >= 4 is 17.6 Å². The summed E-state index contributed by atoms with van der Waals surface area (Å²) in [6.45, 7) is 0. The van der Waals surface area contributed by atoms with Gasteiger partial charge in [0.2, 0.25) is 5.88 Å². The Morgan fingerprint density at radius 2 is 2.05 bits per heavy atom. The van der Waals surface area contributed by atoms with Crippen LogP contribution in [0.4, 0.5) is 22.0 Å². The molecule has 0 radical (unpaired) electrons. The number of halogens is 6. The van der Waals surface area contributed by atoms with Crippen molar-refractivity contribution in [2.45, 2.75) is 19.2 Å². The van der Waals surface area contributed by atoms with E-state index in [1.165, 1.54) is 0 Å². The molecule has 0 saturated heterocycles. The summed E-state index contributed by atoms with van der Waals surface area (Å²) in [5.41, 5.74) is -1.67. The molecule has 0 unspecified atom stereocenters. The Morgan fingerprint density at radius 3 is 2.47 bits per heavy atom. The summed E-state index contributed by atoms with van der Waals surface area (Å²) in [7, 11) is 0. The van der Waals surface area contributed by atoms with Crippen molar-refractivity contribution in [3.8, 4) is 5.88 Å². The van der Waals surface area contributed by atoms with Crippen LogP contribution in [-0.2, 0) is 11.2 Å². The number of carboxylic acids is 1. The lowest BCUT2D eigenvalue weighted by molar-refractivity contribution is -0.276. The molecule has 19 heavy (non-hydrogen) atoms. The lowest BCUT2D eigenvalue weighted by atomic mass is 10.2. The van der Waals surface area contributed by atoms with Crippen molar-refractivity contribution in [1.29, 1.82) is 0 Å². The number of nitrogens with zero attached hydrogens (tertiary/aromatic N) is 1. The van der Waals surface area contributed by atoms with Crippen LogP contribution in [0, 0.1) is 0 Å². The van der Waals surface area contributed by atoms with Crippen LogP contribution < -0.4 is 4.74 Å². The van der Waals surface area contributed by atoms with E-state index in [0.29, 0.717) is 0 Å². The average Bonchev–Trinajstić information content (AvgIpc) is 2.10. The van der Waals surface area contributed by atoms with Crippen LogP contribution in [0.15, 0.2) is 6.07 Å². The molecule has 0 amide bonds. The summed E-state index contributed by atoms with van der Waals surface area (Å²) < 4.78 is 64.6. The van der Waals surface area contributed by atoms with E-state index in [-0.39, 0.29) is 0 Å². The summed E-state index contributed by atoms with van der Waals surface area (Å²) >= 11 is 5.38. The lowest BCUT2D eigenvalue weighted by Crippen LogP contribution is -2.20. The number of pyridine rings is 1. The molecule has 106 valence electrons. The van der Waals surface area contributed by atoms with Crippen molar-refractivity contribution in [3.05, 3.63) is 22.3 Å². The minimum atomic E-state index is -5.25. The van der Waals surface area contributed by atoms with Gasteiger partial charge in [0.05, 0.1) is 22.7 Å². The molecule has 0 aliphatic heterocycles. The van der Waals surface area contributed by atoms with Crippen LogP contribution >= 0.6 is 11.6 Å². The van der Waals surface area contributed by atoms with Crippen molar-refractivity contribution in [2.24, 2.45) is 0 Å². The molecule has 1 heterocycles. The van der Waals surface area contributed by atoms with Gasteiger partial charge >= 0.3 is 12.3 Å². The van der Waals surface area contributed by atoms with Crippen molar-refractivity contribution in [2.75, 3.05) is 0 Å². The van der Waals surface area contributed by atoms with Gasteiger partial charge in [0, 0.05) is 0 Å². The predicted octanol–water partition coefficient (Wildman–Crippen LogP) is 3.20. The fourth-order valence-electron chi connectivity index (χ4n) is 1.18. The zero-order chi connectivity index (χ0) is 14.8. The zero-order valence-corrected chi connectivity index (χ0v) is 9.60. The third-order valence-electron chi connectivity index (χ3n) is 1.79. The minimum Gasteiger partial charge on any atom is -0.481 e. The van der Waals surface area contributed by atoms with E-state index in [4.69, 9.17) is 16.7 Å². The third kappa shape index (κ3) is 4.51. The maximum absolute atomic E-state index is 12.6. The van der Waals surface area contributed by atoms with Crippen molar-refractivity contribution in [3.63, 3.8) is 0 Å². The molecule has 0 spiro atoms. The largest absolute Gasteiger partial charge is 0.574 e. The highest BCUT2D eigenvalue weighted by Crippen LogP contribution is 2.36. The van der Waals surface area contributed by atoms with Gasteiger partial charge in [-0.1, -0.05) is 11.6 Å². The molecule has 0 fully saturated rings. The first-order chi connectivity index (χ1) is 8.60. The molecular formula is C9H5ClF5NO3. The van der Waals surface area contributed by atoms with Gasteiger partial charge in [0.25, 0.3) is 6.43 Å². The maximum Gasteiger partial charge on any atom is 0.574 e. The second-order valence-electron chi connectivity index (χ2n) is 3.23. The molecule has 1 rings (SSSR count). The Bertz CT molecular complexity index is 491. The quantitative estimate of drug-likeness (QED) is 0.868. The van der Waals surface area contributed by atoms with E-state index in [1.807, 2.05) is 0 Å². The summed E-state index contributed by atoms with van der Waals surface area (Å²) in [6, 6.07) is 0.750. The molecule has 1 N–H and O–H groups in total. The fourth-order valence-corrected chi connectivity index (χ4v) is 1.47. The average molecular weight is 306 g/mol. The first-order valence-corrected chi connectivity index (χ1v) is 4.93. The Labute approximate surface area is 107 Å². The Kier molecular flexibility index (Phi) is 4.51. The maximum atomic E-state index is 12.6. The zero-order valence-electron chi connectivity index (χ0n) is 8.84. The van der Waals surface area contributed by atoms with Crippen LogP contribution in [0.1, 0.15) is 17.7 Å². The first-order valence-electron chi connectivity index (χ1n) is 4.55. The van der Waals surface area contributed by atoms with Crippen molar-refractivity contribution in [1.82, 2.24) is 4.98 Å². The number of carbonyl (C=O) groups is 1. The highest BCUT2D eigenvalue weighted by Gasteiger charge is 2.35. The van der Waals surface area contributed by atoms with Crippen LogP contribution in [0.5, 0.6) is 5.88 Å². The number of aliphatic carboxylic acids is 1. The normalized spacial score (nSPS) is 11.7. The second-order valence-corrected chi connectivity index (χ2v) is 3.64. The molecule has 4 nitrogen and oxygen atoms in total. The number of hydrogen-bond donors (Lipinski definition) is 1. The van der Waals surface area contributed by atoms with Gasteiger partial charge in [0.15, 0.2) is 0 Å². The molecule has 10 heteroatoms. The molecular weight excluding hydrogens is 301 g/mol. The highest BCUT2D eigenvalue weighted by atomic mass is 35.5. The van der Waals surface area contributed by atoms with Gasteiger partial charge in [0.1, 0.15) is 0 Å². The van der Waals surface area contributed by atoms with E-state index in [2.05, 4.69) is 9.72 Å². The summed E-state index contributed by atoms with van der Waals surface area (Å²) in [5, 5.41) is 7.72. The molecule has 0 bridgehead atoms. The molecule has 0 aliphatic rings. The van der Waals surface area contributed by atoms with Crippen molar-refractivity contribution < 1.29 is 36.6 Å². The topological polar surface area (TPSA) is 59.4 Å². The molecule has 0 saturated carbocycles. The number of ether oxygens (including phenoxy) is 1. The highest BCUT2D eigenvalue weighted by molar-refractivity contribution is 6.31.